The molecule has 2 aromatic carbocycles. The zero-order valence-electron chi connectivity index (χ0n) is 14.8. The Hall–Kier alpha value is -2.57. The van der Waals surface area contributed by atoms with E-state index < -0.39 is 0 Å². The van der Waals surface area contributed by atoms with Crippen LogP contribution in [0.2, 0.25) is 5.02 Å². The molecule has 2 heterocycles. The van der Waals surface area contributed by atoms with Crippen molar-refractivity contribution in [2.45, 2.75) is 24.8 Å². The summed E-state index contributed by atoms with van der Waals surface area (Å²) >= 11 is 7.60. The second-order valence-electron chi connectivity index (χ2n) is 6.23. The fourth-order valence-corrected chi connectivity index (χ4v) is 4.02. The third-order valence-electron chi connectivity index (χ3n) is 4.48. The lowest BCUT2D eigenvalue weighted by atomic mass is 10.0. The molecule has 4 rings (SSSR count). The molecule has 0 atom stereocenters. The number of hydrogen-bond acceptors (Lipinski definition) is 5. The number of thioether (sulfide) groups is 1. The Kier molecular flexibility index (Phi) is 4.76. The largest absolute Gasteiger partial charge is 0.422 e. The normalized spacial score (nSPS) is 11.2. The second kappa shape index (κ2) is 7.21. The number of benzene rings is 2. The van der Waals surface area contributed by atoms with Crippen LogP contribution in [-0.2, 0) is 5.75 Å². The van der Waals surface area contributed by atoms with E-state index in [0.717, 1.165) is 32.9 Å². The first-order valence-electron chi connectivity index (χ1n) is 8.34. The molecule has 0 unspecified atom stereocenters. The summed E-state index contributed by atoms with van der Waals surface area (Å²) in [6, 6.07) is 13.1. The third-order valence-corrected chi connectivity index (χ3v) is 5.70. The van der Waals surface area contributed by atoms with Crippen molar-refractivity contribution in [2.75, 3.05) is 0 Å². The maximum atomic E-state index is 12.0. The number of rotatable bonds is 4. The van der Waals surface area contributed by atoms with Crippen LogP contribution in [0.5, 0.6) is 0 Å². The average Bonchev–Trinajstić information content (AvgIpc) is 3.12. The van der Waals surface area contributed by atoms with Crippen LogP contribution in [0, 0.1) is 13.8 Å². The van der Waals surface area contributed by atoms with Gasteiger partial charge in [-0.1, -0.05) is 41.6 Å². The van der Waals surface area contributed by atoms with Crippen LogP contribution in [0.4, 0.5) is 0 Å². The van der Waals surface area contributed by atoms with Crippen LogP contribution < -0.4 is 5.63 Å². The van der Waals surface area contributed by atoms with E-state index in [1.807, 2.05) is 54.8 Å². The quantitative estimate of drug-likeness (QED) is 0.360. The summed E-state index contributed by atoms with van der Waals surface area (Å²) in [5.41, 5.74) is 4.18. The number of aryl methyl sites for hydroxylation is 2. The fourth-order valence-electron chi connectivity index (χ4n) is 2.91. The van der Waals surface area contributed by atoms with Gasteiger partial charge in [0.25, 0.3) is 0 Å². The molecule has 0 saturated carbocycles. The summed E-state index contributed by atoms with van der Waals surface area (Å²) < 4.78 is 7.32. The highest BCUT2D eigenvalue weighted by Gasteiger charge is 2.12. The van der Waals surface area contributed by atoms with Crippen molar-refractivity contribution in [1.29, 1.82) is 0 Å². The Bertz CT molecular complexity index is 1200. The van der Waals surface area contributed by atoms with Crippen LogP contribution in [0.25, 0.3) is 16.7 Å². The first-order chi connectivity index (χ1) is 13.0. The van der Waals surface area contributed by atoms with Gasteiger partial charge in [0.1, 0.15) is 11.9 Å². The molecule has 7 heteroatoms. The van der Waals surface area contributed by atoms with Crippen LogP contribution in [0.15, 0.2) is 63.2 Å². The number of nitrogens with zero attached hydrogens (tertiary/aromatic N) is 3. The molecular formula is C20H16ClN3O2S. The fraction of sp³-hybridized carbons (Fsp3) is 0.150. The smallest absolute Gasteiger partial charge is 0.336 e. The molecule has 5 nitrogen and oxygen atoms in total. The van der Waals surface area contributed by atoms with Crippen molar-refractivity contribution < 1.29 is 4.42 Å². The van der Waals surface area contributed by atoms with E-state index in [1.54, 1.807) is 12.4 Å². The molecule has 136 valence electrons. The predicted molar refractivity (Wildman–Crippen MR) is 108 cm³/mol. The van der Waals surface area contributed by atoms with Gasteiger partial charge in [0, 0.05) is 22.2 Å². The highest BCUT2D eigenvalue weighted by atomic mass is 35.5. The van der Waals surface area contributed by atoms with E-state index in [2.05, 4.69) is 10.2 Å². The van der Waals surface area contributed by atoms with Crippen LogP contribution >= 0.6 is 23.4 Å². The Morgan fingerprint density at radius 2 is 2.04 bits per heavy atom. The van der Waals surface area contributed by atoms with E-state index in [9.17, 15) is 4.79 Å². The maximum Gasteiger partial charge on any atom is 0.336 e. The molecule has 27 heavy (non-hydrogen) atoms. The third kappa shape index (κ3) is 3.50. The molecule has 0 amide bonds. The number of halogens is 1. The van der Waals surface area contributed by atoms with Gasteiger partial charge in [-0.05, 0) is 48.7 Å². The minimum atomic E-state index is -0.344. The molecule has 0 radical (unpaired) electrons. The maximum absolute atomic E-state index is 12.0. The second-order valence-corrected chi connectivity index (χ2v) is 7.61. The van der Waals surface area contributed by atoms with Gasteiger partial charge < -0.3 is 4.42 Å². The summed E-state index contributed by atoms with van der Waals surface area (Å²) in [5.74, 6) is 0.573. The van der Waals surface area contributed by atoms with E-state index in [1.165, 1.54) is 11.8 Å². The Balaban J connectivity index is 1.69. The molecule has 0 aliphatic carbocycles. The standard InChI is InChI=1S/C20H16ClN3O2S/c1-12-6-7-17-14(8-18(25)26-19(17)13(12)2)10-27-20-23-22-11-24(20)16-5-3-4-15(21)9-16/h3-9,11H,10H2,1-2H3. The molecule has 4 aromatic rings. The first-order valence-corrected chi connectivity index (χ1v) is 9.71. The lowest BCUT2D eigenvalue weighted by Gasteiger charge is -2.09. The van der Waals surface area contributed by atoms with E-state index in [0.29, 0.717) is 16.4 Å². The van der Waals surface area contributed by atoms with Crippen molar-refractivity contribution in [3.8, 4) is 5.69 Å². The van der Waals surface area contributed by atoms with Gasteiger partial charge in [-0.3, -0.25) is 4.57 Å². The van der Waals surface area contributed by atoms with E-state index in [-0.39, 0.29) is 5.63 Å². The Morgan fingerprint density at radius 3 is 2.85 bits per heavy atom. The van der Waals surface area contributed by atoms with Crippen molar-refractivity contribution in [2.24, 2.45) is 0 Å². The zero-order chi connectivity index (χ0) is 19.0. The van der Waals surface area contributed by atoms with E-state index >= 15 is 0 Å². The van der Waals surface area contributed by atoms with Gasteiger partial charge in [0.05, 0.1) is 5.69 Å². The van der Waals surface area contributed by atoms with Gasteiger partial charge >= 0.3 is 5.63 Å². The highest BCUT2D eigenvalue weighted by Crippen LogP contribution is 2.29. The monoisotopic (exact) mass is 397 g/mol. The van der Waals surface area contributed by atoms with Gasteiger partial charge in [0.15, 0.2) is 5.16 Å². The van der Waals surface area contributed by atoms with Gasteiger partial charge in [-0.25, -0.2) is 4.79 Å². The minimum absolute atomic E-state index is 0.344. The molecule has 0 saturated heterocycles. The van der Waals surface area contributed by atoms with Crippen LogP contribution in [0.3, 0.4) is 0 Å². The summed E-state index contributed by atoms with van der Waals surface area (Å²) in [6.45, 7) is 3.97. The molecule has 0 spiro atoms. The molecular weight excluding hydrogens is 382 g/mol. The topological polar surface area (TPSA) is 60.9 Å². The van der Waals surface area contributed by atoms with Gasteiger partial charge in [-0.15, -0.1) is 10.2 Å². The van der Waals surface area contributed by atoms with Crippen LogP contribution in [-0.4, -0.2) is 14.8 Å². The zero-order valence-corrected chi connectivity index (χ0v) is 16.3. The van der Waals surface area contributed by atoms with Crippen LogP contribution in [0.1, 0.15) is 16.7 Å². The molecule has 0 aliphatic rings. The molecule has 0 N–H and O–H groups in total. The Labute approximate surface area is 165 Å². The highest BCUT2D eigenvalue weighted by molar-refractivity contribution is 7.98. The lowest BCUT2D eigenvalue weighted by Crippen LogP contribution is -2.02. The number of fused-ring (bicyclic) bond motifs is 1. The van der Waals surface area contributed by atoms with Crippen molar-refractivity contribution in [1.82, 2.24) is 14.8 Å². The molecule has 0 fully saturated rings. The van der Waals surface area contributed by atoms with Gasteiger partial charge in [0.2, 0.25) is 0 Å². The SMILES string of the molecule is Cc1ccc2c(CSc3nncn3-c3cccc(Cl)c3)cc(=O)oc2c1C. The average molecular weight is 398 g/mol. The summed E-state index contributed by atoms with van der Waals surface area (Å²) in [7, 11) is 0. The van der Waals surface area contributed by atoms with E-state index in [4.69, 9.17) is 16.0 Å². The molecule has 0 bridgehead atoms. The minimum Gasteiger partial charge on any atom is -0.422 e. The Morgan fingerprint density at radius 1 is 1.19 bits per heavy atom. The molecule has 2 aromatic heterocycles. The summed E-state index contributed by atoms with van der Waals surface area (Å²) in [6.07, 6.45) is 1.65. The first kappa shape index (κ1) is 17.8. The van der Waals surface area contributed by atoms with Crippen molar-refractivity contribution in [3.63, 3.8) is 0 Å². The van der Waals surface area contributed by atoms with Gasteiger partial charge in [-0.2, -0.15) is 0 Å². The lowest BCUT2D eigenvalue weighted by molar-refractivity contribution is 0.557. The van der Waals surface area contributed by atoms with Crippen molar-refractivity contribution >= 4 is 34.3 Å². The number of aromatic nitrogens is 3. The summed E-state index contributed by atoms with van der Waals surface area (Å²) in [5, 5.41) is 10.5. The number of hydrogen-bond donors (Lipinski definition) is 0. The summed E-state index contributed by atoms with van der Waals surface area (Å²) in [4.78, 5) is 12.0. The predicted octanol–water partition coefficient (Wildman–Crippen LogP) is 4.94. The molecule has 0 aliphatic heterocycles. The van der Waals surface area contributed by atoms with Crippen molar-refractivity contribution in [3.05, 3.63) is 80.9 Å².